The zero-order valence-electron chi connectivity index (χ0n) is 14.4. The largest absolute Gasteiger partial charge is 0.484 e. The number of nitrogens with zero attached hydrogens (tertiary/aromatic N) is 1. The third-order valence-electron chi connectivity index (χ3n) is 3.41. The number of amides is 1. The van der Waals surface area contributed by atoms with Crippen molar-refractivity contribution in [1.82, 2.24) is 10.6 Å². The van der Waals surface area contributed by atoms with Gasteiger partial charge in [0.25, 0.3) is 5.91 Å². The van der Waals surface area contributed by atoms with Gasteiger partial charge in [0.05, 0.1) is 6.54 Å². The minimum Gasteiger partial charge on any atom is -0.484 e. The van der Waals surface area contributed by atoms with Crippen LogP contribution in [0.15, 0.2) is 29.3 Å². The maximum Gasteiger partial charge on any atom is 0.255 e. The Hall–Kier alpha value is -2.24. The van der Waals surface area contributed by atoms with Crippen LogP contribution in [0.1, 0.15) is 33.3 Å². The number of aliphatic imine (C=N–C) groups is 1. The molecule has 0 aliphatic heterocycles. The number of primary amides is 1. The Labute approximate surface area is 138 Å². The third kappa shape index (κ3) is 7.54. The number of ether oxygens (including phenoxy) is 1. The number of benzene rings is 1. The Morgan fingerprint density at radius 3 is 2.70 bits per heavy atom. The molecule has 0 fully saturated rings. The van der Waals surface area contributed by atoms with Crippen LogP contribution in [0.4, 0.5) is 0 Å². The van der Waals surface area contributed by atoms with E-state index in [1.807, 2.05) is 25.1 Å². The lowest BCUT2D eigenvalue weighted by Gasteiger charge is -2.20. The SMILES string of the molecule is CCNC(=NCc1cccc(OCC(N)=O)c1)NC(C)C(C)C. The lowest BCUT2D eigenvalue weighted by Crippen LogP contribution is -2.44. The smallest absolute Gasteiger partial charge is 0.255 e. The normalized spacial score (nSPS) is 12.8. The second-order valence-electron chi connectivity index (χ2n) is 5.77. The van der Waals surface area contributed by atoms with Gasteiger partial charge in [-0.15, -0.1) is 0 Å². The van der Waals surface area contributed by atoms with Crippen molar-refractivity contribution in [2.24, 2.45) is 16.6 Å². The van der Waals surface area contributed by atoms with Gasteiger partial charge < -0.3 is 21.1 Å². The van der Waals surface area contributed by atoms with Gasteiger partial charge in [0.15, 0.2) is 12.6 Å². The molecule has 0 saturated carbocycles. The van der Waals surface area contributed by atoms with Crippen molar-refractivity contribution in [2.75, 3.05) is 13.2 Å². The molecule has 0 radical (unpaired) electrons. The van der Waals surface area contributed by atoms with Crippen LogP contribution in [0.3, 0.4) is 0 Å². The highest BCUT2D eigenvalue weighted by molar-refractivity contribution is 5.80. The molecule has 1 rings (SSSR count). The van der Waals surface area contributed by atoms with Crippen LogP contribution in [0, 0.1) is 5.92 Å². The molecule has 23 heavy (non-hydrogen) atoms. The summed E-state index contributed by atoms with van der Waals surface area (Å²) >= 11 is 0. The zero-order chi connectivity index (χ0) is 17.2. The molecule has 6 heteroatoms. The van der Waals surface area contributed by atoms with E-state index in [1.54, 1.807) is 6.07 Å². The Kier molecular flexibility index (Phi) is 7.94. The molecule has 1 amide bonds. The number of hydrogen-bond donors (Lipinski definition) is 3. The van der Waals surface area contributed by atoms with Crippen LogP contribution in [0.25, 0.3) is 0 Å². The molecule has 1 unspecified atom stereocenters. The van der Waals surface area contributed by atoms with Crippen molar-refractivity contribution in [2.45, 2.75) is 40.3 Å². The molecule has 0 aliphatic carbocycles. The summed E-state index contributed by atoms with van der Waals surface area (Å²) in [6.07, 6.45) is 0. The van der Waals surface area contributed by atoms with Gasteiger partial charge in [0, 0.05) is 12.6 Å². The molecule has 6 nitrogen and oxygen atoms in total. The minimum absolute atomic E-state index is 0.122. The van der Waals surface area contributed by atoms with Gasteiger partial charge in [-0.2, -0.15) is 0 Å². The number of guanidine groups is 1. The predicted octanol–water partition coefficient (Wildman–Crippen LogP) is 1.65. The van der Waals surface area contributed by atoms with Gasteiger partial charge in [0.2, 0.25) is 0 Å². The van der Waals surface area contributed by atoms with Crippen LogP contribution in [0.5, 0.6) is 5.75 Å². The van der Waals surface area contributed by atoms with Crippen LogP contribution >= 0.6 is 0 Å². The summed E-state index contributed by atoms with van der Waals surface area (Å²) in [6, 6.07) is 7.83. The fourth-order valence-corrected chi connectivity index (χ4v) is 1.76. The van der Waals surface area contributed by atoms with Crippen LogP contribution in [-0.2, 0) is 11.3 Å². The van der Waals surface area contributed by atoms with E-state index in [4.69, 9.17) is 10.5 Å². The van der Waals surface area contributed by atoms with Crippen LogP contribution < -0.4 is 21.1 Å². The average Bonchev–Trinajstić information content (AvgIpc) is 2.51. The maximum absolute atomic E-state index is 10.8. The highest BCUT2D eigenvalue weighted by Gasteiger charge is 2.08. The summed E-state index contributed by atoms with van der Waals surface area (Å²) in [5, 5.41) is 6.63. The second kappa shape index (κ2) is 9.71. The van der Waals surface area contributed by atoms with Gasteiger partial charge in [-0.3, -0.25) is 4.79 Å². The molecule has 1 aromatic carbocycles. The van der Waals surface area contributed by atoms with Crippen molar-refractivity contribution in [3.63, 3.8) is 0 Å². The molecule has 0 spiro atoms. The van der Waals surface area contributed by atoms with Gasteiger partial charge in [-0.25, -0.2) is 4.99 Å². The molecular weight excluding hydrogens is 292 g/mol. The summed E-state index contributed by atoms with van der Waals surface area (Å²) in [5.41, 5.74) is 6.08. The first kappa shape index (κ1) is 18.8. The van der Waals surface area contributed by atoms with E-state index in [2.05, 4.69) is 36.4 Å². The van der Waals surface area contributed by atoms with E-state index < -0.39 is 5.91 Å². The van der Waals surface area contributed by atoms with Gasteiger partial charge in [-0.05, 0) is 37.5 Å². The number of carbonyl (C=O) groups excluding carboxylic acids is 1. The van der Waals surface area contributed by atoms with E-state index in [-0.39, 0.29) is 6.61 Å². The zero-order valence-corrected chi connectivity index (χ0v) is 14.4. The van der Waals surface area contributed by atoms with E-state index in [9.17, 15) is 4.79 Å². The Morgan fingerprint density at radius 1 is 1.35 bits per heavy atom. The van der Waals surface area contributed by atoms with Gasteiger partial charge >= 0.3 is 0 Å². The molecule has 128 valence electrons. The molecule has 0 aliphatic rings. The first-order chi connectivity index (χ1) is 10.9. The number of carbonyl (C=O) groups is 1. The summed E-state index contributed by atoms with van der Waals surface area (Å²) in [4.78, 5) is 15.4. The Balaban J connectivity index is 2.71. The highest BCUT2D eigenvalue weighted by atomic mass is 16.5. The molecule has 0 bridgehead atoms. The lowest BCUT2D eigenvalue weighted by atomic mass is 10.1. The quantitative estimate of drug-likeness (QED) is 0.502. The number of hydrogen-bond acceptors (Lipinski definition) is 3. The first-order valence-electron chi connectivity index (χ1n) is 7.97. The Bertz CT molecular complexity index is 529. The van der Waals surface area contributed by atoms with E-state index in [0.29, 0.717) is 24.3 Å². The molecule has 1 aromatic rings. The summed E-state index contributed by atoms with van der Waals surface area (Å²) in [5.74, 6) is 1.43. The molecular formula is C17H28N4O2. The summed E-state index contributed by atoms with van der Waals surface area (Å²) in [6.45, 7) is 9.71. The standard InChI is InChI=1S/C17H28N4O2/c1-5-19-17(21-13(4)12(2)3)20-10-14-7-6-8-15(9-14)23-11-16(18)22/h6-9,12-13H,5,10-11H2,1-4H3,(H2,18,22)(H2,19,20,21). The minimum atomic E-state index is -0.491. The first-order valence-corrected chi connectivity index (χ1v) is 7.97. The highest BCUT2D eigenvalue weighted by Crippen LogP contribution is 2.14. The molecule has 4 N–H and O–H groups in total. The molecule has 1 atom stereocenters. The number of rotatable bonds is 8. The van der Waals surface area contributed by atoms with E-state index in [0.717, 1.165) is 18.1 Å². The fraction of sp³-hybridized carbons (Fsp3) is 0.529. The number of nitrogens with two attached hydrogens (primary N) is 1. The van der Waals surface area contributed by atoms with Crippen molar-refractivity contribution < 1.29 is 9.53 Å². The van der Waals surface area contributed by atoms with Crippen molar-refractivity contribution in [3.05, 3.63) is 29.8 Å². The molecule has 0 aromatic heterocycles. The van der Waals surface area contributed by atoms with E-state index >= 15 is 0 Å². The fourth-order valence-electron chi connectivity index (χ4n) is 1.76. The average molecular weight is 320 g/mol. The summed E-state index contributed by atoms with van der Waals surface area (Å²) < 4.78 is 5.30. The summed E-state index contributed by atoms with van der Waals surface area (Å²) in [7, 11) is 0. The van der Waals surface area contributed by atoms with Crippen molar-refractivity contribution in [1.29, 1.82) is 0 Å². The topological polar surface area (TPSA) is 88.7 Å². The number of nitrogens with one attached hydrogen (secondary N) is 2. The lowest BCUT2D eigenvalue weighted by molar-refractivity contribution is -0.119. The van der Waals surface area contributed by atoms with Gasteiger partial charge in [0.1, 0.15) is 5.75 Å². The van der Waals surface area contributed by atoms with E-state index in [1.165, 1.54) is 0 Å². The molecule has 0 saturated heterocycles. The predicted molar refractivity (Wildman–Crippen MR) is 93.4 cm³/mol. The second-order valence-corrected chi connectivity index (χ2v) is 5.77. The van der Waals surface area contributed by atoms with Crippen molar-refractivity contribution in [3.8, 4) is 5.75 Å². The third-order valence-corrected chi connectivity index (χ3v) is 3.41. The van der Waals surface area contributed by atoms with Crippen LogP contribution in [0.2, 0.25) is 0 Å². The maximum atomic E-state index is 10.8. The molecule has 0 heterocycles. The Morgan fingerprint density at radius 2 is 2.09 bits per heavy atom. The van der Waals surface area contributed by atoms with Gasteiger partial charge in [-0.1, -0.05) is 26.0 Å². The monoisotopic (exact) mass is 320 g/mol. The van der Waals surface area contributed by atoms with Crippen molar-refractivity contribution >= 4 is 11.9 Å². The van der Waals surface area contributed by atoms with Crippen LogP contribution in [-0.4, -0.2) is 31.1 Å².